The number of carbonyl (C=O) groups excluding carboxylic acids is 1. The number of hydrogen-bond donors (Lipinski definition) is 2. The molecule has 1 aliphatic heterocycles. The van der Waals surface area contributed by atoms with Crippen molar-refractivity contribution in [1.82, 2.24) is 10.2 Å². The zero-order valence-corrected chi connectivity index (χ0v) is 13.3. The maximum atomic E-state index is 11.8. The van der Waals surface area contributed by atoms with Gasteiger partial charge in [0.25, 0.3) is 0 Å². The van der Waals surface area contributed by atoms with Gasteiger partial charge in [-0.15, -0.1) is 24.8 Å². The van der Waals surface area contributed by atoms with Crippen LogP contribution in [0, 0.1) is 5.92 Å². The van der Waals surface area contributed by atoms with E-state index >= 15 is 0 Å². The fraction of sp³-hybridized carbons (Fsp3) is 0.917. The lowest BCUT2D eigenvalue weighted by atomic mass is 9.97. The van der Waals surface area contributed by atoms with Crippen molar-refractivity contribution in [3.8, 4) is 0 Å². The van der Waals surface area contributed by atoms with E-state index in [9.17, 15) is 4.79 Å². The first kappa shape index (κ1) is 20.3. The number of rotatable bonds is 3. The lowest BCUT2D eigenvalue weighted by Gasteiger charge is -2.35. The molecule has 3 atom stereocenters. The minimum absolute atomic E-state index is 0. The van der Waals surface area contributed by atoms with Crippen molar-refractivity contribution in [2.75, 3.05) is 13.6 Å². The van der Waals surface area contributed by atoms with Crippen LogP contribution in [0.5, 0.6) is 0 Å². The molecule has 3 unspecified atom stereocenters. The molecule has 4 nitrogen and oxygen atoms in total. The smallest absolute Gasteiger partial charge is 0.237 e. The monoisotopic (exact) mass is 299 g/mol. The van der Waals surface area contributed by atoms with Crippen LogP contribution in [0.3, 0.4) is 0 Å². The summed E-state index contributed by atoms with van der Waals surface area (Å²) in [5.41, 5.74) is 5.82. The molecule has 0 aromatic heterocycles. The molecule has 0 aromatic carbocycles. The topological polar surface area (TPSA) is 58.4 Å². The molecule has 0 aliphatic carbocycles. The van der Waals surface area contributed by atoms with Gasteiger partial charge in [-0.25, -0.2) is 0 Å². The van der Waals surface area contributed by atoms with Crippen LogP contribution in [0.2, 0.25) is 0 Å². The third-order valence-electron chi connectivity index (χ3n) is 3.58. The van der Waals surface area contributed by atoms with Gasteiger partial charge in [-0.1, -0.05) is 13.8 Å². The highest BCUT2D eigenvalue weighted by Gasteiger charge is 2.26. The van der Waals surface area contributed by atoms with Crippen LogP contribution in [0.15, 0.2) is 0 Å². The van der Waals surface area contributed by atoms with Crippen LogP contribution in [0.4, 0.5) is 0 Å². The van der Waals surface area contributed by atoms with E-state index in [4.69, 9.17) is 5.73 Å². The Morgan fingerprint density at radius 1 is 1.39 bits per heavy atom. The van der Waals surface area contributed by atoms with E-state index in [0.29, 0.717) is 12.1 Å². The van der Waals surface area contributed by atoms with Crippen molar-refractivity contribution in [2.24, 2.45) is 11.7 Å². The third kappa shape index (κ3) is 5.74. The maximum Gasteiger partial charge on any atom is 0.237 e. The van der Waals surface area contributed by atoms with E-state index in [1.54, 1.807) is 0 Å². The summed E-state index contributed by atoms with van der Waals surface area (Å²) in [5.74, 6) is 0.195. The number of likely N-dealkylation sites (tertiary alicyclic amines) is 1. The number of amides is 1. The number of nitrogens with one attached hydrogen (secondary N) is 1. The molecule has 1 amide bonds. The molecule has 110 valence electrons. The summed E-state index contributed by atoms with van der Waals surface area (Å²) in [7, 11) is 2.13. The Balaban J connectivity index is 0. The molecule has 1 rings (SSSR count). The van der Waals surface area contributed by atoms with Crippen molar-refractivity contribution in [1.29, 1.82) is 0 Å². The predicted octanol–water partition coefficient (Wildman–Crippen LogP) is 1.41. The Hall–Kier alpha value is -0.0300. The first-order chi connectivity index (χ1) is 7.41. The van der Waals surface area contributed by atoms with Crippen molar-refractivity contribution < 1.29 is 4.79 Å². The molecule has 18 heavy (non-hydrogen) atoms. The highest BCUT2D eigenvalue weighted by molar-refractivity contribution is 5.85. The number of halogens is 2. The molecule has 0 spiro atoms. The number of piperidine rings is 1. The minimum atomic E-state index is -0.380. The zero-order valence-electron chi connectivity index (χ0n) is 11.7. The fourth-order valence-electron chi connectivity index (χ4n) is 2.02. The summed E-state index contributed by atoms with van der Waals surface area (Å²) in [6, 6.07) is 0.452. The summed E-state index contributed by atoms with van der Waals surface area (Å²) in [6.07, 6.45) is 2.05. The minimum Gasteiger partial charge on any atom is -0.352 e. The molecule has 1 saturated heterocycles. The summed E-state index contributed by atoms with van der Waals surface area (Å²) < 4.78 is 0. The standard InChI is InChI=1S/C12H25N3O.2ClH/c1-8(2)11(13)12(16)14-10-5-6-15(4)9(3)7-10;;/h8-11H,5-7,13H2,1-4H3,(H,14,16);2*1H. The predicted molar refractivity (Wildman–Crippen MR) is 80.6 cm³/mol. The van der Waals surface area contributed by atoms with Crippen LogP contribution in [0.1, 0.15) is 33.6 Å². The van der Waals surface area contributed by atoms with E-state index in [1.165, 1.54) is 0 Å². The first-order valence-corrected chi connectivity index (χ1v) is 6.18. The van der Waals surface area contributed by atoms with Gasteiger partial charge in [-0.3, -0.25) is 4.79 Å². The summed E-state index contributed by atoms with van der Waals surface area (Å²) >= 11 is 0. The number of hydrogen-bond acceptors (Lipinski definition) is 3. The normalized spacial score (nSPS) is 25.9. The molecule has 6 heteroatoms. The second-order valence-corrected chi connectivity index (χ2v) is 5.33. The van der Waals surface area contributed by atoms with Crippen molar-refractivity contribution in [3.05, 3.63) is 0 Å². The highest BCUT2D eigenvalue weighted by atomic mass is 35.5. The van der Waals surface area contributed by atoms with E-state index in [-0.39, 0.29) is 42.7 Å². The molecule has 0 saturated carbocycles. The second-order valence-electron chi connectivity index (χ2n) is 5.33. The van der Waals surface area contributed by atoms with E-state index in [0.717, 1.165) is 19.4 Å². The molecule has 0 aromatic rings. The lowest BCUT2D eigenvalue weighted by Crippen LogP contribution is -2.52. The Kier molecular flexibility index (Phi) is 10.1. The van der Waals surface area contributed by atoms with E-state index < -0.39 is 0 Å². The second kappa shape index (κ2) is 8.97. The summed E-state index contributed by atoms with van der Waals surface area (Å²) in [4.78, 5) is 14.1. The quantitative estimate of drug-likeness (QED) is 0.828. The fourth-order valence-corrected chi connectivity index (χ4v) is 2.02. The van der Waals surface area contributed by atoms with Crippen molar-refractivity contribution >= 4 is 30.7 Å². The highest BCUT2D eigenvalue weighted by Crippen LogP contribution is 2.15. The van der Waals surface area contributed by atoms with Crippen LogP contribution < -0.4 is 11.1 Å². The van der Waals surface area contributed by atoms with Gasteiger partial charge in [-0.2, -0.15) is 0 Å². The van der Waals surface area contributed by atoms with Gasteiger partial charge in [0.15, 0.2) is 0 Å². The molecule has 1 aliphatic rings. The Morgan fingerprint density at radius 3 is 2.39 bits per heavy atom. The largest absolute Gasteiger partial charge is 0.352 e. The SMILES string of the molecule is CC(C)C(N)C(=O)NC1CCN(C)C(C)C1.Cl.Cl. The average molecular weight is 300 g/mol. The van der Waals surface area contributed by atoms with Gasteiger partial charge in [0.2, 0.25) is 5.91 Å². The Bertz CT molecular complexity index is 251. The molecule has 0 radical (unpaired) electrons. The molecule has 0 bridgehead atoms. The molecule has 1 fully saturated rings. The third-order valence-corrected chi connectivity index (χ3v) is 3.58. The summed E-state index contributed by atoms with van der Waals surface area (Å²) in [6.45, 7) is 7.19. The lowest BCUT2D eigenvalue weighted by molar-refractivity contribution is -0.124. The molecule has 3 N–H and O–H groups in total. The van der Waals surface area contributed by atoms with Crippen LogP contribution in [0.25, 0.3) is 0 Å². The first-order valence-electron chi connectivity index (χ1n) is 6.18. The van der Waals surface area contributed by atoms with Gasteiger partial charge in [0, 0.05) is 18.6 Å². The molecular weight excluding hydrogens is 273 g/mol. The Labute approximate surface area is 123 Å². The molecule has 1 heterocycles. The number of carbonyl (C=O) groups is 1. The van der Waals surface area contributed by atoms with Gasteiger partial charge in [0.1, 0.15) is 0 Å². The van der Waals surface area contributed by atoms with Gasteiger partial charge >= 0.3 is 0 Å². The van der Waals surface area contributed by atoms with Gasteiger partial charge in [-0.05, 0) is 32.7 Å². The average Bonchev–Trinajstić information content (AvgIpc) is 2.22. The number of nitrogens with two attached hydrogens (primary N) is 1. The van der Waals surface area contributed by atoms with Gasteiger partial charge in [0.05, 0.1) is 6.04 Å². The van der Waals surface area contributed by atoms with Gasteiger partial charge < -0.3 is 16.0 Å². The van der Waals surface area contributed by atoms with E-state index in [2.05, 4.69) is 24.2 Å². The van der Waals surface area contributed by atoms with Crippen LogP contribution in [-0.2, 0) is 4.79 Å². The van der Waals surface area contributed by atoms with Crippen LogP contribution in [-0.4, -0.2) is 42.5 Å². The summed E-state index contributed by atoms with van der Waals surface area (Å²) in [5, 5.41) is 3.06. The Morgan fingerprint density at radius 2 is 1.94 bits per heavy atom. The van der Waals surface area contributed by atoms with Crippen LogP contribution >= 0.6 is 24.8 Å². The van der Waals surface area contributed by atoms with Crippen molar-refractivity contribution in [3.63, 3.8) is 0 Å². The van der Waals surface area contributed by atoms with Crippen molar-refractivity contribution in [2.45, 2.75) is 51.7 Å². The number of nitrogens with zero attached hydrogens (tertiary/aromatic N) is 1. The maximum absolute atomic E-state index is 11.8. The van der Waals surface area contributed by atoms with E-state index in [1.807, 2.05) is 13.8 Å². The molecular formula is C12H27Cl2N3O. The zero-order chi connectivity index (χ0) is 12.3.